The molecular weight excluding hydrogens is 270 g/mol. The highest BCUT2D eigenvalue weighted by Gasteiger charge is 2.19. The molecule has 0 radical (unpaired) electrons. The molecule has 0 heterocycles. The lowest BCUT2D eigenvalue weighted by Crippen LogP contribution is -2.37. The largest absolute Gasteiger partial charge is 0.497 e. The molecule has 1 rings (SSSR count). The first kappa shape index (κ1) is 17.0. The molecule has 1 unspecified atom stereocenters. The number of carbonyl (C=O) groups is 2. The van der Waals surface area contributed by atoms with Gasteiger partial charge in [0, 0.05) is 19.5 Å². The van der Waals surface area contributed by atoms with Gasteiger partial charge in [-0.1, -0.05) is 26.0 Å². The molecule has 0 bridgehead atoms. The van der Waals surface area contributed by atoms with Crippen molar-refractivity contribution in [1.29, 1.82) is 0 Å². The summed E-state index contributed by atoms with van der Waals surface area (Å²) in [7, 11) is 1.62. The lowest BCUT2D eigenvalue weighted by Gasteiger charge is -2.24. The Balaban J connectivity index is 2.63. The van der Waals surface area contributed by atoms with Gasteiger partial charge in [-0.2, -0.15) is 0 Å². The van der Waals surface area contributed by atoms with E-state index >= 15 is 0 Å². The Hall–Kier alpha value is -2.04. The van der Waals surface area contributed by atoms with Crippen molar-refractivity contribution in [2.75, 3.05) is 20.2 Å². The Kier molecular flexibility index (Phi) is 6.72. The SMILES string of the molecule is CCC(=O)N(CCc1ccc(OC)cc1)CC(C)C(=O)O. The molecule has 0 spiro atoms. The maximum Gasteiger partial charge on any atom is 0.308 e. The molecule has 116 valence electrons. The molecule has 0 saturated carbocycles. The van der Waals surface area contributed by atoms with Crippen LogP contribution >= 0.6 is 0 Å². The van der Waals surface area contributed by atoms with Crippen LogP contribution in [0.2, 0.25) is 0 Å². The van der Waals surface area contributed by atoms with Crippen LogP contribution in [0.4, 0.5) is 0 Å². The average Bonchev–Trinajstić information content (AvgIpc) is 2.50. The number of rotatable bonds is 8. The van der Waals surface area contributed by atoms with Crippen LogP contribution < -0.4 is 4.74 Å². The average molecular weight is 293 g/mol. The molecule has 5 heteroatoms. The second kappa shape index (κ2) is 8.29. The van der Waals surface area contributed by atoms with E-state index in [9.17, 15) is 9.59 Å². The normalized spacial score (nSPS) is 11.8. The molecular formula is C16H23NO4. The van der Waals surface area contributed by atoms with Crippen LogP contribution in [0.5, 0.6) is 5.75 Å². The molecule has 0 aliphatic rings. The van der Waals surface area contributed by atoms with E-state index < -0.39 is 11.9 Å². The molecule has 0 aromatic heterocycles. The maximum atomic E-state index is 11.9. The van der Waals surface area contributed by atoms with Gasteiger partial charge in [0.1, 0.15) is 5.75 Å². The third kappa shape index (κ3) is 5.45. The number of carboxylic acid groups (broad SMARTS) is 1. The van der Waals surface area contributed by atoms with Crippen LogP contribution in [0.15, 0.2) is 24.3 Å². The summed E-state index contributed by atoms with van der Waals surface area (Å²) in [6.07, 6.45) is 1.08. The molecule has 0 aliphatic carbocycles. The minimum Gasteiger partial charge on any atom is -0.497 e. The number of benzene rings is 1. The van der Waals surface area contributed by atoms with E-state index in [-0.39, 0.29) is 12.5 Å². The number of aliphatic carboxylic acids is 1. The van der Waals surface area contributed by atoms with E-state index in [0.29, 0.717) is 19.4 Å². The number of carbonyl (C=O) groups excluding carboxylic acids is 1. The van der Waals surface area contributed by atoms with E-state index in [1.807, 2.05) is 24.3 Å². The molecule has 1 aromatic rings. The Bertz CT molecular complexity index is 470. The highest BCUT2D eigenvalue weighted by molar-refractivity contribution is 5.77. The zero-order chi connectivity index (χ0) is 15.8. The Labute approximate surface area is 125 Å². The second-order valence-corrected chi connectivity index (χ2v) is 5.03. The van der Waals surface area contributed by atoms with Crippen molar-refractivity contribution in [3.05, 3.63) is 29.8 Å². The molecule has 1 aromatic carbocycles. The number of amides is 1. The van der Waals surface area contributed by atoms with E-state index in [0.717, 1.165) is 11.3 Å². The monoisotopic (exact) mass is 293 g/mol. The minimum atomic E-state index is -0.881. The van der Waals surface area contributed by atoms with Crippen LogP contribution in [0.25, 0.3) is 0 Å². The highest BCUT2D eigenvalue weighted by Crippen LogP contribution is 2.12. The van der Waals surface area contributed by atoms with Gasteiger partial charge in [0.25, 0.3) is 0 Å². The van der Waals surface area contributed by atoms with Crippen molar-refractivity contribution in [2.45, 2.75) is 26.7 Å². The third-order valence-electron chi connectivity index (χ3n) is 3.40. The smallest absolute Gasteiger partial charge is 0.308 e. The predicted octanol–water partition coefficient (Wildman–Crippen LogP) is 2.20. The third-order valence-corrected chi connectivity index (χ3v) is 3.40. The summed E-state index contributed by atoms with van der Waals surface area (Å²) in [6.45, 7) is 4.18. The molecule has 5 nitrogen and oxygen atoms in total. The Morgan fingerprint density at radius 2 is 1.90 bits per heavy atom. The standard InChI is InChI=1S/C16H23NO4/c1-4-15(18)17(11-12(2)16(19)20)10-9-13-5-7-14(21-3)8-6-13/h5-8,12H,4,9-11H2,1-3H3,(H,19,20). The summed E-state index contributed by atoms with van der Waals surface area (Å²) in [5.74, 6) is -0.666. The maximum absolute atomic E-state index is 11.9. The summed E-state index contributed by atoms with van der Waals surface area (Å²) in [4.78, 5) is 24.5. The van der Waals surface area contributed by atoms with Crippen molar-refractivity contribution < 1.29 is 19.4 Å². The molecule has 0 fully saturated rings. The van der Waals surface area contributed by atoms with Crippen LogP contribution in [0.1, 0.15) is 25.8 Å². The highest BCUT2D eigenvalue weighted by atomic mass is 16.5. The van der Waals surface area contributed by atoms with Gasteiger partial charge in [-0.05, 0) is 24.1 Å². The van der Waals surface area contributed by atoms with Gasteiger partial charge in [-0.25, -0.2) is 0 Å². The summed E-state index contributed by atoms with van der Waals surface area (Å²) >= 11 is 0. The topological polar surface area (TPSA) is 66.8 Å². The number of nitrogens with zero attached hydrogens (tertiary/aromatic N) is 1. The predicted molar refractivity (Wildman–Crippen MR) is 80.4 cm³/mol. The molecule has 0 saturated heterocycles. The fraction of sp³-hybridized carbons (Fsp3) is 0.500. The van der Waals surface area contributed by atoms with Crippen LogP contribution in [0, 0.1) is 5.92 Å². The summed E-state index contributed by atoms with van der Waals surface area (Å²) in [5, 5.41) is 8.98. The molecule has 1 atom stereocenters. The first-order valence-electron chi connectivity index (χ1n) is 7.11. The van der Waals surface area contributed by atoms with Gasteiger partial charge in [-0.3, -0.25) is 9.59 Å². The van der Waals surface area contributed by atoms with Gasteiger partial charge in [0.15, 0.2) is 0 Å². The summed E-state index contributed by atoms with van der Waals surface area (Å²) in [6, 6.07) is 7.66. The summed E-state index contributed by atoms with van der Waals surface area (Å²) in [5.41, 5.74) is 1.09. The van der Waals surface area contributed by atoms with Crippen LogP contribution in [0.3, 0.4) is 0 Å². The zero-order valence-corrected chi connectivity index (χ0v) is 12.8. The molecule has 21 heavy (non-hydrogen) atoms. The summed E-state index contributed by atoms with van der Waals surface area (Å²) < 4.78 is 5.10. The van der Waals surface area contributed by atoms with Gasteiger partial charge in [-0.15, -0.1) is 0 Å². The van der Waals surface area contributed by atoms with Gasteiger partial charge < -0.3 is 14.7 Å². The van der Waals surface area contributed by atoms with Gasteiger partial charge in [0.2, 0.25) is 5.91 Å². The van der Waals surface area contributed by atoms with E-state index in [2.05, 4.69) is 0 Å². The number of ether oxygens (including phenoxy) is 1. The number of hydrogen-bond donors (Lipinski definition) is 1. The fourth-order valence-electron chi connectivity index (χ4n) is 2.01. The van der Waals surface area contributed by atoms with Crippen molar-refractivity contribution in [3.8, 4) is 5.75 Å². The molecule has 1 amide bonds. The van der Waals surface area contributed by atoms with Gasteiger partial charge >= 0.3 is 5.97 Å². The first-order chi connectivity index (χ1) is 9.97. The zero-order valence-electron chi connectivity index (χ0n) is 12.8. The Morgan fingerprint density at radius 1 is 1.29 bits per heavy atom. The number of hydrogen-bond acceptors (Lipinski definition) is 3. The lowest BCUT2D eigenvalue weighted by atomic mass is 10.1. The number of carboxylic acids is 1. The second-order valence-electron chi connectivity index (χ2n) is 5.03. The van der Waals surface area contributed by atoms with Crippen molar-refractivity contribution >= 4 is 11.9 Å². The van der Waals surface area contributed by atoms with E-state index in [4.69, 9.17) is 9.84 Å². The van der Waals surface area contributed by atoms with Gasteiger partial charge in [0.05, 0.1) is 13.0 Å². The molecule has 1 N–H and O–H groups in total. The minimum absolute atomic E-state index is 0.0170. The molecule has 0 aliphatic heterocycles. The Morgan fingerprint density at radius 3 is 2.38 bits per heavy atom. The van der Waals surface area contributed by atoms with Crippen LogP contribution in [-0.4, -0.2) is 42.1 Å². The van der Waals surface area contributed by atoms with Crippen molar-refractivity contribution in [2.24, 2.45) is 5.92 Å². The first-order valence-corrected chi connectivity index (χ1v) is 7.11. The lowest BCUT2D eigenvalue weighted by molar-refractivity contribution is -0.143. The van der Waals surface area contributed by atoms with E-state index in [1.165, 1.54) is 0 Å². The van der Waals surface area contributed by atoms with Crippen molar-refractivity contribution in [3.63, 3.8) is 0 Å². The quantitative estimate of drug-likeness (QED) is 0.798. The van der Waals surface area contributed by atoms with Crippen LogP contribution in [-0.2, 0) is 16.0 Å². The van der Waals surface area contributed by atoms with Crippen molar-refractivity contribution in [1.82, 2.24) is 4.90 Å². The fourth-order valence-corrected chi connectivity index (χ4v) is 2.01. The van der Waals surface area contributed by atoms with E-state index in [1.54, 1.807) is 25.9 Å². The number of methoxy groups -OCH3 is 1.